The van der Waals surface area contributed by atoms with E-state index in [1.165, 1.54) is 38.5 Å². The predicted molar refractivity (Wildman–Crippen MR) is 71.8 cm³/mol. The van der Waals surface area contributed by atoms with E-state index in [0.29, 0.717) is 6.04 Å². The Labute approximate surface area is 102 Å². The summed E-state index contributed by atoms with van der Waals surface area (Å²) < 4.78 is 0. The van der Waals surface area contributed by atoms with Crippen LogP contribution in [0.1, 0.15) is 52.4 Å². The van der Waals surface area contributed by atoms with Gasteiger partial charge in [-0.25, -0.2) is 0 Å². The Morgan fingerprint density at radius 1 is 1.19 bits per heavy atom. The summed E-state index contributed by atoms with van der Waals surface area (Å²) in [6.07, 6.45) is 8.54. The summed E-state index contributed by atoms with van der Waals surface area (Å²) in [5, 5.41) is 3.78. The maximum Gasteiger partial charge on any atom is 0.0186 e. The topological polar surface area (TPSA) is 15.3 Å². The van der Waals surface area contributed by atoms with Crippen LogP contribution in [0.25, 0.3) is 0 Å². The fourth-order valence-corrected chi connectivity index (χ4v) is 2.69. The molecule has 2 heteroatoms. The molecule has 0 aromatic heterocycles. The zero-order valence-electron chi connectivity index (χ0n) is 11.6. The Morgan fingerprint density at radius 2 is 1.81 bits per heavy atom. The van der Waals surface area contributed by atoms with Gasteiger partial charge in [0.1, 0.15) is 0 Å². The molecule has 0 amide bonds. The molecule has 0 aromatic carbocycles. The molecule has 0 bridgehead atoms. The van der Waals surface area contributed by atoms with Gasteiger partial charge in [-0.3, -0.25) is 0 Å². The molecule has 1 rings (SSSR count). The average molecular weight is 226 g/mol. The number of likely N-dealkylation sites (N-methyl/N-ethyl adjacent to an activating group) is 1. The summed E-state index contributed by atoms with van der Waals surface area (Å²) in [4.78, 5) is 2.29. The van der Waals surface area contributed by atoms with Crippen molar-refractivity contribution in [2.75, 3.05) is 20.6 Å². The fraction of sp³-hybridized carbons (Fsp3) is 1.00. The minimum absolute atomic E-state index is 0.637. The zero-order chi connectivity index (χ0) is 12.0. The van der Waals surface area contributed by atoms with Gasteiger partial charge in [0.15, 0.2) is 0 Å². The first-order valence-corrected chi connectivity index (χ1v) is 7.05. The average Bonchev–Trinajstić information content (AvgIpc) is 2.30. The van der Waals surface area contributed by atoms with Crippen LogP contribution in [-0.4, -0.2) is 37.6 Å². The van der Waals surface area contributed by atoms with E-state index in [-0.39, 0.29) is 0 Å². The van der Waals surface area contributed by atoms with Gasteiger partial charge in [0, 0.05) is 18.6 Å². The molecule has 16 heavy (non-hydrogen) atoms. The fourth-order valence-electron chi connectivity index (χ4n) is 2.69. The van der Waals surface area contributed by atoms with Crippen LogP contribution in [0.4, 0.5) is 0 Å². The predicted octanol–water partition coefficient (Wildman–Crippen LogP) is 2.89. The maximum absolute atomic E-state index is 3.78. The molecule has 0 radical (unpaired) electrons. The van der Waals surface area contributed by atoms with Crippen molar-refractivity contribution in [2.24, 2.45) is 5.92 Å². The lowest BCUT2D eigenvalue weighted by Crippen LogP contribution is -2.43. The van der Waals surface area contributed by atoms with Crippen LogP contribution in [0.5, 0.6) is 0 Å². The van der Waals surface area contributed by atoms with Gasteiger partial charge in [-0.1, -0.05) is 26.2 Å². The highest BCUT2D eigenvalue weighted by Crippen LogP contribution is 2.27. The molecule has 2 nitrogen and oxygen atoms in total. The van der Waals surface area contributed by atoms with Gasteiger partial charge in [-0.2, -0.15) is 0 Å². The minimum Gasteiger partial charge on any atom is -0.312 e. The number of nitrogens with zero attached hydrogens (tertiary/aromatic N) is 1. The molecule has 2 atom stereocenters. The molecule has 0 aromatic rings. The third-order valence-electron chi connectivity index (χ3n) is 4.22. The molecular weight excluding hydrogens is 196 g/mol. The van der Waals surface area contributed by atoms with Crippen LogP contribution < -0.4 is 5.32 Å². The van der Waals surface area contributed by atoms with Crippen molar-refractivity contribution in [2.45, 2.75) is 64.5 Å². The molecule has 2 unspecified atom stereocenters. The molecule has 0 aliphatic heterocycles. The van der Waals surface area contributed by atoms with Crippen molar-refractivity contribution in [3.63, 3.8) is 0 Å². The van der Waals surface area contributed by atoms with Gasteiger partial charge in [0.05, 0.1) is 0 Å². The molecule has 96 valence electrons. The van der Waals surface area contributed by atoms with Crippen molar-refractivity contribution in [3.05, 3.63) is 0 Å². The Hall–Kier alpha value is -0.0800. The first-order valence-electron chi connectivity index (χ1n) is 7.05. The SMILES string of the molecule is CCC(NCC(C)N(C)C)C1CCCCC1. The first-order chi connectivity index (χ1) is 7.65. The van der Waals surface area contributed by atoms with Gasteiger partial charge < -0.3 is 10.2 Å². The quantitative estimate of drug-likeness (QED) is 0.749. The van der Waals surface area contributed by atoms with Gasteiger partial charge in [-0.15, -0.1) is 0 Å². The molecule has 0 spiro atoms. The van der Waals surface area contributed by atoms with Crippen molar-refractivity contribution in [1.29, 1.82) is 0 Å². The Kier molecular flexibility index (Phi) is 6.37. The number of hydrogen-bond donors (Lipinski definition) is 1. The lowest BCUT2D eigenvalue weighted by Gasteiger charge is -2.32. The molecule has 1 aliphatic rings. The van der Waals surface area contributed by atoms with Crippen molar-refractivity contribution >= 4 is 0 Å². The Bertz CT molecular complexity index is 174. The Balaban J connectivity index is 2.30. The van der Waals surface area contributed by atoms with Gasteiger partial charge >= 0.3 is 0 Å². The number of rotatable bonds is 6. The van der Waals surface area contributed by atoms with Gasteiger partial charge in [0.25, 0.3) is 0 Å². The molecule has 0 heterocycles. The van der Waals surface area contributed by atoms with E-state index in [1.807, 2.05) is 0 Å². The third-order valence-corrected chi connectivity index (χ3v) is 4.22. The summed E-state index contributed by atoms with van der Waals surface area (Å²) >= 11 is 0. The highest BCUT2D eigenvalue weighted by molar-refractivity contribution is 4.79. The molecule has 1 fully saturated rings. The standard InChI is InChI=1S/C14H30N2/c1-5-14(13-9-7-6-8-10-13)15-11-12(2)16(3)4/h12-15H,5-11H2,1-4H3. The first kappa shape index (κ1) is 14.0. The summed E-state index contributed by atoms with van der Waals surface area (Å²) in [6, 6.07) is 1.39. The molecule has 0 saturated heterocycles. The van der Waals surface area contributed by atoms with Crippen LogP contribution in [0.2, 0.25) is 0 Å². The van der Waals surface area contributed by atoms with Gasteiger partial charge in [-0.05, 0) is 46.2 Å². The molecular formula is C14H30N2. The van der Waals surface area contributed by atoms with Crippen molar-refractivity contribution < 1.29 is 0 Å². The highest BCUT2D eigenvalue weighted by Gasteiger charge is 2.22. The summed E-state index contributed by atoms with van der Waals surface area (Å²) in [6.45, 7) is 5.75. The van der Waals surface area contributed by atoms with Crippen molar-refractivity contribution in [1.82, 2.24) is 10.2 Å². The van der Waals surface area contributed by atoms with E-state index in [2.05, 4.69) is 38.2 Å². The normalized spacial score (nSPS) is 22.3. The van der Waals surface area contributed by atoms with Crippen LogP contribution in [0.3, 0.4) is 0 Å². The zero-order valence-corrected chi connectivity index (χ0v) is 11.6. The number of nitrogens with one attached hydrogen (secondary N) is 1. The van der Waals surface area contributed by atoms with Gasteiger partial charge in [0.2, 0.25) is 0 Å². The van der Waals surface area contributed by atoms with E-state index in [9.17, 15) is 0 Å². The second-order valence-electron chi connectivity index (χ2n) is 5.63. The monoisotopic (exact) mass is 226 g/mol. The minimum atomic E-state index is 0.637. The highest BCUT2D eigenvalue weighted by atomic mass is 15.1. The van der Waals surface area contributed by atoms with Crippen LogP contribution in [-0.2, 0) is 0 Å². The van der Waals surface area contributed by atoms with Crippen LogP contribution in [0, 0.1) is 5.92 Å². The van der Waals surface area contributed by atoms with Crippen molar-refractivity contribution in [3.8, 4) is 0 Å². The second-order valence-corrected chi connectivity index (χ2v) is 5.63. The van der Waals surface area contributed by atoms with Crippen LogP contribution in [0.15, 0.2) is 0 Å². The summed E-state index contributed by atoms with van der Waals surface area (Å²) in [5.74, 6) is 0.938. The molecule has 1 N–H and O–H groups in total. The largest absolute Gasteiger partial charge is 0.312 e. The Morgan fingerprint density at radius 3 is 2.31 bits per heavy atom. The van der Waals surface area contributed by atoms with Crippen LogP contribution >= 0.6 is 0 Å². The molecule has 1 saturated carbocycles. The summed E-state index contributed by atoms with van der Waals surface area (Å²) in [7, 11) is 4.32. The molecule has 1 aliphatic carbocycles. The third kappa shape index (κ3) is 4.42. The summed E-state index contributed by atoms with van der Waals surface area (Å²) in [5.41, 5.74) is 0. The lowest BCUT2D eigenvalue weighted by atomic mass is 9.83. The number of hydrogen-bond acceptors (Lipinski definition) is 2. The smallest absolute Gasteiger partial charge is 0.0186 e. The van der Waals surface area contributed by atoms with E-state index >= 15 is 0 Å². The maximum atomic E-state index is 3.78. The lowest BCUT2D eigenvalue weighted by molar-refractivity contribution is 0.235. The van der Waals surface area contributed by atoms with E-state index in [4.69, 9.17) is 0 Å². The van der Waals surface area contributed by atoms with E-state index < -0.39 is 0 Å². The van der Waals surface area contributed by atoms with E-state index in [1.54, 1.807) is 0 Å². The van der Waals surface area contributed by atoms with E-state index in [0.717, 1.165) is 18.5 Å². The second kappa shape index (κ2) is 7.29.